The molecule has 19 heavy (non-hydrogen) atoms. The summed E-state index contributed by atoms with van der Waals surface area (Å²) in [5.41, 5.74) is -1.35. The molecule has 2 aromatic rings. The van der Waals surface area contributed by atoms with Gasteiger partial charge >= 0.3 is 12.3 Å². The summed E-state index contributed by atoms with van der Waals surface area (Å²) in [6.45, 7) is 0. The largest absolute Gasteiger partial charge is 0.465 e. The average Bonchev–Trinajstić information content (AvgIpc) is 2.68. The molecular formula is C11H7BrF3NO3. The first kappa shape index (κ1) is 13.7. The maximum Gasteiger partial charge on any atom is 0.420 e. The van der Waals surface area contributed by atoms with Crippen LogP contribution in [-0.2, 0) is 6.18 Å². The van der Waals surface area contributed by atoms with Gasteiger partial charge in [0, 0.05) is 23.0 Å². The number of furan rings is 1. The minimum absolute atomic E-state index is 0.171. The van der Waals surface area contributed by atoms with Crippen LogP contribution in [0.1, 0.15) is 5.56 Å². The third-order valence-electron chi connectivity index (χ3n) is 2.49. The topological polar surface area (TPSA) is 53.7 Å². The first-order valence-electron chi connectivity index (χ1n) is 4.97. The van der Waals surface area contributed by atoms with Gasteiger partial charge in [-0.25, -0.2) is 4.79 Å². The summed E-state index contributed by atoms with van der Waals surface area (Å²) in [5, 5.41) is 8.95. The van der Waals surface area contributed by atoms with Gasteiger partial charge in [-0.15, -0.1) is 0 Å². The molecule has 1 aromatic heterocycles. The van der Waals surface area contributed by atoms with E-state index in [1.165, 1.54) is 19.2 Å². The average molecular weight is 338 g/mol. The van der Waals surface area contributed by atoms with Gasteiger partial charge in [0.05, 0.1) is 5.56 Å². The lowest BCUT2D eigenvalue weighted by Crippen LogP contribution is -2.22. The van der Waals surface area contributed by atoms with E-state index in [0.29, 0.717) is 4.90 Å². The summed E-state index contributed by atoms with van der Waals surface area (Å²) in [5.74, 6) is -0.175. The molecule has 1 heterocycles. The fourth-order valence-corrected chi connectivity index (χ4v) is 2.05. The quantitative estimate of drug-likeness (QED) is 0.842. The number of nitrogens with zero attached hydrogens (tertiary/aromatic N) is 1. The molecule has 0 spiro atoms. The molecule has 0 radical (unpaired) electrons. The van der Waals surface area contributed by atoms with E-state index >= 15 is 0 Å². The van der Waals surface area contributed by atoms with Crippen molar-refractivity contribution in [2.75, 3.05) is 11.9 Å². The van der Waals surface area contributed by atoms with Gasteiger partial charge in [-0.3, -0.25) is 4.90 Å². The van der Waals surface area contributed by atoms with Gasteiger partial charge in [-0.05, 0) is 12.1 Å². The van der Waals surface area contributed by atoms with Crippen LogP contribution in [0.2, 0.25) is 0 Å². The predicted octanol–water partition coefficient (Wildman–Crippen LogP) is 4.33. The molecule has 2 rings (SSSR count). The normalized spacial score (nSPS) is 11.8. The Morgan fingerprint density at radius 3 is 2.53 bits per heavy atom. The molecule has 1 amide bonds. The second-order valence-corrected chi connectivity index (χ2v) is 4.71. The van der Waals surface area contributed by atoms with E-state index in [-0.39, 0.29) is 21.3 Å². The monoisotopic (exact) mass is 337 g/mol. The zero-order valence-corrected chi connectivity index (χ0v) is 11.0. The van der Waals surface area contributed by atoms with Crippen molar-refractivity contribution >= 4 is 38.9 Å². The first-order chi connectivity index (χ1) is 8.70. The van der Waals surface area contributed by atoms with Gasteiger partial charge in [0.1, 0.15) is 5.58 Å². The highest BCUT2D eigenvalue weighted by molar-refractivity contribution is 9.10. The number of hydrogen-bond acceptors (Lipinski definition) is 2. The lowest BCUT2D eigenvalue weighted by atomic mass is 10.1. The minimum Gasteiger partial charge on any atom is -0.465 e. The van der Waals surface area contributed by atoms with Gasteiger partial charge in [-0.1, -0.05) is 15.9 Å². The Hall–Kier alpha value is -1.70. The SMILES string of the molecule is CN(C(=O)O)c1cc2cc(Br)cc(C(F)(F)F)c2o1. The number of fused-ring (bicyclic) bond motifs is 1. The Kier molecular flexibility index (Phi) is 3.21. The molecule has 0 saturated carbocycles. The Morgan fingerprint density at radius 1 is 1.37 bits per heavy atom. The molecule has 102 valence electrons. The number of carbonyl (C=O) groups is 1. The number of hydrogen-bond donors (Lipinski definition) is 1. The fraction of sp³-hybridized carbons (Fsp3) is 0.182. The van der Waals surface area contributed by atoms with Gasteiger partial charge < -0.3 is 9.52 Å². The predicted molar refractivity (Wildman–Crippen MR) is 65.3 cm³/mol. The van der Waals surface area contributed by atoms with Crippen LogP contribution in [0.15, 0.2) is 27.1 Å². The third-order valence-corrected chi connectivity index (χ3v) is 2.95. The lowest BCUT2D eigenvalue weighted by molar-refractivity contribution is -0.136. The smallest absolute Gasteiger partial charge is 0.420 e. The highest BCUT2D eigenvalue weighted by Gasteiger charge is 2.35. The molecule has 4 nitrogen and oxygen atoms in total. The van der Waals surface area contributed by atoms with Crippen molar-refractivity contribution in [2.24, 2.45) is 0 Å². The van der Waals surface area contributed by atoms with Gasteiger partial charge in [-0.2, -0.15) is 13.2 Å². The molecule has 1 N–H and O–H groups in total. The van der Waals surface area contributed by atoms with Crippen molar-refractivity contribution in [1.82, 2.24) is 0 Å². The highest BCUT2D eigenvalue weighted by atomic mass is 79.9. The van der Waals surface area contributed by atoms with Crippen molar-refractivity contribution in [1.29, 1.82) is 0 Å². The number of benzene rings is 1. The number of halogens is 4. The van der Waals surface area contributed by atoms with Crippen LogP contribution < -0.4 is 4.90 Å². The molecule has 0 atom stereocenters. The summed E-state index contributed by atoms with van der Waals surface area (Å²) in [4.78, 5) is 11.5. The molecule has 0 bridgehead atoms. The van der Waals surface area contributed by atoms with Crippen molar-refractivity contribution in [3.8, 4) is 0 Å². The second kappa shape index (κ2) is 4.44. The molecule has 8 heteroatoms. The zero-order chi connectivity index (χ0) is 14.4. The van der Waals surface area contributed by atoms with Gasteiger partial charge in [0.15, 0.2) is 0 Å². The molecule has 0 aliphatic heterocycles. The van der Waals surface area contributed by atoms with Crippen LogP contribution in [0, 0.1) is 0 Å². The summed E-state index contributed by atoms with van der Waals surface area (Å²) < 4.78 is 43.8. The molecule has 0 saturated heterocycles. The maximum atomic E-state index is 12.9. The number of alkyl halides is 3. The van der Waals surface area contributed by atoms with Crippen molar-refractivity contribution in [2.45, 2.75) is 6.18 Å². The first-order valence-corrected chi connectivity index (χ1v) is 5.76. The number of carboxylic acid groups (broad SMARTS) is 1. The van der Waals surface area contributed by atoms with Crippen molar-refractivity contribution in [3.63, 3.8) is 0 Å². The molecule has 0 fully saturated rings. The maximum absolute atomic E-state index is 12.9. The summed E-state index contributed by atoms with van der Waals surface area (Å²) in [6, 6.07) is 3.55. The third kappa shape index (κ3) is 2.53. The van der Waals surface area contributed by atoms with E-state index in [1.54, 1.807) is 0 Å². The molecular weight excluding hydrogens is 331 g/mol. The highest BCUT2D eigenvalue weighted by Crippen LogP contribution is 2.39. The van der Waals surface area contributed by atoms with Crippen molar-refractivity contribution < 1.29 is 27.5 Å². The number of rotatable bonds is 1. The summed E-state index contributed by atoms with van der Waals surface area (Å²) >= 11 is 2.98. The van der Waals surface area contributed by atoms with Crippen LogP contribution in [-0.4, -0.2) is 18.2 Å². The Balaban J connectivity index is 2.68. The van der Waals surface area contributed by atoms with Gasteiger partial charge in [0.25, 0.3) is 0 Å². The number of amides is 1. The second-order valence-electron chi connectivity index (χ2n) is 3.80. The fourth-order valence-electron chi connectivity index (χ4n) is 1.57. The van der Waals surface area contributed by atoms with E-state index in [9.17, 15) is 18.0 Å². The summed E-state index contributed by atoms with van der Waals surface area (Å²) in [7, 11) is 1.18. The van der Waals surface area contributed by atoms with Crippen LogP contribution >= 0.6 is 15.9 Å². The minimum atomic E-state index is -4.58. The van der Waals surface area contributed by atoms with Crippen LogP contribution in [0.5, 0.6) is 0 Å². The van der Waals surface area contributed by atoms with E-state index in [4.69, 9.17) is 9.52 Å². The molecule has 1 aromatic carbocycles. The lowest BCUT2D eigenvalue weighted by Gasteiger charge is -2.09. The number of anilines is 1. The Morgan fingerprint density at radius 2 is 2.00 bits per heavy atom. The van der Waals surface area contributed by atoms with E-state index in [0.717, 1.165) is 6.07 Å². The Labute approximate surface area is 113 Å². The van der Waals surface area contributed by atoms with E-state index in [2.05, 4.69) is 15.9 Å². The van der Waals surface area contributed by atoms with E-state index in [1.807, 2.05) is 0 Å². The van der Waals surface area contributed by atoms with Crippen molar-refractivity contribution in [3.05, 3.63) is 28.2 Å². The van der Waals surface area contributed by atoms with E-state index < -0.39 is 17.8 Å². The Bertz CT molecular complexity index is 650. The molecule has 0 unspecified atom stereocenters. The molecule has 0 aliphatic carbocycles. The zero-order valence-electron chi connectivity index (χ0n) is 9.45. The standard InChI is InChI=1S/C11H7BrF3NO3/c1-16(10(17)18)8-3-5-2-6(12)4-7(9(5)19-8)11(13,14)15/h2-4H,1H3,(H,17,18). The van der Waals surface area contributed by atoms with Crippen LogP contribution in [0.3, 0.4) is 0 Å². The summed E-state index contributed by atoms with van der Waals surface area (Å²) in [6.07, 6.45) is -5.91. The van der Waals surface area contributed by atoms with Gasteiger partial charge in [0.2, 0.25) is 5.88 Å². The van der Waals surface area contributed by atoms with Crippen LogP contribution in [0.4, 0.5) is 23.8 Å². The molecule has 0 aliphatic rings. The van der Waals surface area contributed by atoms with Crippen LogP contribution in [0.25, 0.3) is 11.0 Å².